The van der Waals surface area contributed by atoms with Gasteiger partial charge in [-0.1, -0.05) is 89.1 Å². The molecule has 6 heteroatoms. The van der Waals surface area contributed by atoms with Gasteiger partial charge in [-0.05, 0) is 49.0 Å². The summed E-state index contributed by atoms with van der Waals surface area (Å²) in [7, 11) is 0. The predicted octanol–water partition coefficient (Wildman–Crippen LogP) is 3.98. The van der Waals surface area contributed by atoms with E-state index in [2.05, 4.69) is 5.32 Å². The Morgan fingerprint density at radius 1 is 0.861 bits per heavy atom. The molecule has 1 amide bonds. The average Bonchev–Trinajstić information content (AvgIpc) is 3.66. The van der Waals surface area contributed by atoms with Gasteiger partial charge in [-0.2, -0.15) is 0 Å². The van der Waals surface area contributed by atoms with Crippen LogP contribution in [0.5, 0.6) is 0 Å². The van der Waals surface area contributed by atoms with Crippen molar-refractivity contribution < 1.29 is 25.2 Å². The van der Waals surface area contributed by atoms with Gasteiger partial charge in [-0.25, -0.2) is 0 Å². The second kappa shape index (κ2) is 14.5. The molecule has 2 saturated carbocycles. The molecule has 0 bridgehead atoms. The van der Waals surface area contributed by atoms with Crippen molar-refractivity contribution in [1.82, 2.24) is 5.32 Å². The molecule has 0 radical (unpaired) electrons. The van der Waals surface area contributed by atoms with E-state index in [1.807, 2.05) is 44.2 Å². The number of amides is 1. The molecular formula is C30H49NO5. The van der Waals surface area contributed by atoms with Gasteiger partial charge in [0.25, 0.3) is 0 Å². The highest BCUT2D eigenvalue weighted by Crippen LogP contribution is 2.37. The van der Waals surface area contributed by atoms with Crippen molar-refractivity contribution in [3.8, 4) is 0 Å². The van der Waals surface area contributed by atoms with Crippen molar-refractivity contribution >= 4 is 5.91 Å². The summed E-state index contributed by atoms with van der Waals surface area (Å²) in [5.74, 6) is 0.180. The zero-order valence-corrected chi connectivity index (χ0v) is 22.3. The molecule has 0 heterocycles. The van der Waals surface area contributed by atoms with Crippen LogP contribution in [-0.2, 0) is 11.2 Å². The van der Waals surface area contributed by atoms with Gasteiger partial charge in [-0.15, -0.1) is 0 Å². The largest absolute Gasteiger partial charge is 0.393 e. The zero-order valence-electron chi connectivity index (χ0n) is 22.3. The first-order valence-electron chi connectivity index (χ1n) is 14.3. The van der Waals surface area contributed by atoms with E-state index in [1.165, 1.54) is 6.42 Å². The maximum Gasteiger partial charge on any atom is 0.226 e. The molecule has 0 aliphatic heterocycles. The van der Waals surface area contributed by atoms with Crippen LogP contribution in [-0.4, -0.2) is 56.8 Å². The quantitative estimate of drug-likeness (QED) is 0.249. The fourth-order valence-corrected chi connectivity index (χ4v) is 5.81. The third-order valence-electron chi connectivity index (χ3n) is 8.07. The van der Waals surface area contributed by atoms with Crippen molar-refractivity contribution in [2.45, 2.75) is 121 Å². The van der Waals surface area contributed by atoms with Gasteiger partial charge in [0.15, 0.2) is 0 Å². The Balaban J connectivity index is 1.66. The van der Waals surface area contributed by atoms with Gasteiger partial charge in [0.1, 0.15) is 6.10 Å². The maximum atomic E-state index is 13.5. The number of benzene rings is 1. The van der Waals surface area contributed by atoms with Crippen molar-refractivity contribution in [3.05, 3.63) is 35.9 Å². The van der Waals surface area contributed by atoms with Gasteiger partial charge < -0.3 is 25.7 Å². The topological polar surface area (TPSA) is 110 Å². The van der Waals surface area contributed by atoms with E-state index in [0.29, 0.717) is 37.5 Å². The minimum Gasteiger partial charge on any atom is -0.393 e. The van der Waals surface area contributed by atoms with Crippen molar-refractivity contribution in [2.24, 2.45) is 23.7 Å². The van der Waals surface area contributed by atoms with E-state index in [1.54, 1.807) is 0 Å². The Labute approximate surface area is 217 Å². The summed E-state index contributed by atoms with van der Waals surface area (Å²) in [6.45, 7) is 4.01. The molecule has 6 nitrogen and oxygen atoms in total. The molecule has 0 unspecified atom stereocenters. The smallest absolute Gasteiger partial charge is 0.226 e. The fourth-order valence-electron chi connectivity index (χ4n) is 5.81. The van der Waals surface area contributed by atoms with E-state index in [9.17, 15) is 25.2 Å². The summed E-state index contributed by atoms with van der Waals surface area (Å²) in [6, 6.07) is 9.13. The Bertz CT molecular complexity index is 762. The van der Waals surface area contributed by atoms with Crippen LogP contribution in [0.25, 0.3) is 0 Å². The molecular weight excluding hydrogens is 454 g/mol. The third-order valence-corrected chi connectivity index (χ3v) is 8.07. The second-order valence-corrected chi connectivity index (χ2v) is 12.0. The minimum absolute atomic E-state index is 0.130. The van der Waals surface area contributed by atoms with Crippen LogP contribution in [0.4, 0.5) is 0 Å². The van der Waals surface area contributed by atoms with Gasteiger partial charge in [0.2, 0.25) is 5.91 Å². The Hall–Kier alpha value is -1.47. The molecule has 6 atom stereocenters. The number of rotatable bonds is 15. The van der Waals surface area contributed by atoms with Crippen LogP contribution in [0, 0.1) is 23.7 Å². The lowest BCUT2D eigenvalue weighted by molar-refractivity contribution is -0.132. The van der Waals surface area contributed by atoms with Gasteiger partial charge in [-0.3, -0.25) is 4.79 Å². The first-order chi connectivity index (χ1) is 17.2. The Morgan fingerprint density at radius 2 is 1.50 bits per heavy atom. The van der Waals surface area contributed by atoms with E-state index in [4.69, 9.17) is 0 Å². The molecule has 1 aromatic rings. The summed E-state index contributed by atoms with van der Waals surface area (Å²) >= 11 is 0. The predicted molar refractivity (Wildman–Crippen MR) is 142 cm³/mol. The SMILES string of the molecule is CC(C)C[C@H](O)[C@H](O)[C@H](CC1CCCCC1)NC(=O)[C@H](CC1CC1)[C@@H](O)C[C@@H](O)Cc1ccccc1. The van der Waals surface area contributed by atoms with Crippen LogP contribution in [0.2, 0.25) is 0 Å². The number of carbonyl (C=O) groups is 1. The molecule has 2 aliphatic carbocycles. The van der Waals surface area contributed by atoms with E-state index >= 15 is 0 Å². The van der Waals surface area contributed by atoms with Crippen LogP contribution in [0.3, 0.4) is 0 Å². The first-order valence-corrected chi connectivity index (χ1v) is 14.3. The molecule has 36 heavy (non-hydrogen) atoms. The highest BCUT2D eigenvalue weighted by atomic mass is 16.3. The lowest BCUT2D eigenvalue weighted by Crippen LogP contribution is -2.52. The van der Waals surface area contributed by atoms with E-state index in [0.717, 1.165) is 44.1 Å². The van der Waals surface area contributed by atoms with Crippen LogP contribution in [0.1, 0.15) is 90.0 Å². The second-order valence-electron chi connectivity index (χ2n) is 12.0. The lowest BCUT2D eigenvalue weighted by Gasteiger charge is -2.34. The standard InChI is InChI=1S/C30H49NO5/c1-20(2)15-28(34)29(35)26(18-22-11-7-4-8-12-22)31-30(36)25(17-23-13-14-23)27(33)19-24(32)16-21-9-5-3-6-10-21/h3,5-6,9-10,20,22-29,32-35H,4,7-8,11-19H2,1-2H3,(H,31,36)/t24-,25+,26-,27-,28-,29+/m0/s1. The number of aliphatic hydroxyl groups is 4. The molecule has 5 N–H and O–H groups in total. The Morgan fingerprint density at radius 3 is 2.11 bits per heavy atom. The number of hydrogen-bond acceptors (Lipinski definition) is 5. The molecule has 2 aliphatic rings. The van der Waals surface area contributed by atoms with Gasteiger partial charge >= 0.3 is 0 Å². The summed E-state index contributed by atoms with van der Waals surface area (Å²) in [6.07, 6.45) is 6.46. The van der Waals surface area contributed by atoms with Crippen molar-refractivity contribution in [1.29, 1.82) is 0 Å². The number of hydrogen-bond donors (Lipinski definition) is 5. The summed E-state index contributed by atoms with van der Waals surface area (Å²) in [5.41, 5.74) is 0.996. The molecule has 3 rings (SSSR count). The maximum absolute atomic E-state index is 13.5. The molecule has 1 aromatic carbocycles. The lowest BCUT2D eigenvalue weighted by atomic mass is 9.82. The van der Waals surface area contributed by atoms with Gasteiger partial charge in [0, 0.05) is 6.42 Å². The highest BCUT2D eigenvalue weighted by Gasteiger charge is 2.38. The summed E-state index contributed by atoms with van der Waals surface area (Å²) < 4.78 is 0. The number of nitrogens with one attached hydrogen (secondary N) is 1. The Kier molecular flexibility index (Phi) is 11.7. The first kappa shape index (κ1) is 29.1. The van der Waals surface area contributed by atoms with E-state index in [-0.39, 0.29) is 18.2 Å². The number of carbonyl (C=O) groups excluding carboxylic acids is 1. The van der Waals surface area contributed by atoms with Gasteiger partial charge in [0.05, 0.1) is 30.3 Å². The minimum atomic E-state index is -1.04. The highest BCUT2D eigenvalue weighted by molar-refractivity contribution is 5.79. The fraction of sp³-hybridized carbons (Fsp3) is 0.767. The van der Waals surface area contributed by atoms with Crippen molar-refractivity contribution in [2.75, 3.05) is 0 Å². The van der Waals surface area contributed by atoms with Crippen molar-refractivity contribution in [3.63, 3.8) is 0 Å². The molecule has 0 aromatic heterocycles. The summed E-state index contributed by atoms with van der Waals surface area (Å²) in [5, 5.41) is 46.5. The zero-order chi connectivity index (χ0) is 26.1. The third kappa shape index (κ3) is 9.77. The van der Waals surface area contributed by atoms with Crippen LogP contribution < -0.4 is 5.32 Å². The average molecular weight is 504 g/mol. The normalized spacial score (nSPS) is 22.0. The number of aliphatic hydroxyl groups excluding tert-OH is 4. The summed E-state index contributed by atoms with van der Waals surface area (Å²) in [4.78, 5) is 13.5. The molecule has 0 spiro atoms. The molecule has 204 valence electrons. The molecule has 0 saturated heterocycles. The van der Waals surface area contributed by atoms with E-state index < -0.39 is 36.4 Å². The van der Waals surface area contributed by atoms with Crippen LogP contribution in [0.15, 0.2) is 30.3 Å². The monoisotopic (exact) mass is 503 g/mol. The van der Waals surface area contributed by atoms with Crippen LogP contribution >= 0.6 is 0 Å². The molecule has 2 fully saturated rings.